The molecule has 2 aliphatic carbocycles. The van der Waals surface area contributed by atoms with E-state index in [-0.39, 0.29) is 29.3 Å². The fourth-order valence-corrected chi connectivity index (χ4v) is 4.99. The number of aromatic amines is 1. The number of nitrogens with zero attached hydrogens (tertiary/aromatic N) is 3. The number of fused-ring (bicyclic) bond motifs is 4. The Kier molecular flexibility index (Phi) is 3.61. The van der Waals surface area contributed by atoms with E-state index in [0.29, 0.717) is 23.4 Å². The van der Waals surface area contributed by atoms with Gasteiger partial charge in [-0.2, -0.15) is 5.26 Å². The fourth-order valence-electron chi connectivity index (χ4n) is 4.99. The molecule has 6 rings (SSSR count). The normalized spacial score (nSPS) is 26.2. The standard InChI is InChI=1S/C22H14F2N6O2/c23-11-6-12-15-16-17(15)22(16,21(32)27-18(12)13(24)7-11)28-20(31)19-26-14(29-30-19)5-9-2-1-3-10(4-9)8-25/h1-4,6-7,15-17H,5H2,(H,27,32)(H,28,31)(H,26,29,30)/t15-,16+,17?,22+/m0/s1. The van der Waals surface area contributed by atoms with E-state index in [1.165, 1.54) is 6.07 Å². The van der Waals surface area contributed by atoms with Crippen molar-refractivity contribution in [3.05, 3.63) is 76.4 Å². The number of benzene rings is 2. The first-order valence-electron chi connectivity index (χ1n) is 9.96. The minimum atomic E-state index is -1.15. The van der Waals surface area contributed by atoms with Gasteiger partial charge in [-0.15, -0.1) is 10.2 Å². The van der Waals surface area contributed by atoms with Crippen LogP contribution < -0.4 is 10.6 Å². The molecule has 158 valence electrons. The van der Waals surface area contributed by atoms with Crippen LogP contribution in [-0.4, -0.2) is 32.5 Å². The van der Waals surface area contributed by atoms with Gasteiger partial charge in [-0.25, -0.2) is 8.78 Å². The number of amides is 2. The van der Waals surface area contributed by atoms with Crippen molar-refractivity contribution in [2.45, 2.75) is 17.9 Å². The Morgan fingerprint density at radius 2 is 2.03 bits per heavy atom. The fraction of sp³-hybridized carbons (Fsp3) is 0.227. The van der Waals surface area contributed by atoms with Gasteiger partial charge in [0.2, 0.25) is 5.82 Å². The van der Waals surface area contributed by atoms with E-state index < -0.39 is 29.0 Å². The van der Waals surface area contributed by atoms with Gasteiger partial charge in [-0.3, -0.25) is 9.59 Å². The molecular weight excluding hydrogens is 418 g/mol. The first-order chi connectivity index (χ1) is 15.4. The van der Waals surface area contributed by atoms with Crippen molar-refractivity contribution in [2.75, 3.05) is 5.32 Å². The number of nitriles is 1. The van der Waals surface area contributed by atoms with Crippen LogP contribution in [0.25, 0.3) is 0 Å². The molecule has 3 N–H and O–H groups in total. The molecule has 0 radical (unpaired) electrons. The lowest BCUT2D eigenvalue weighted by atomic mass is 9.92. The molecule has 32 heavy (non-hydrogen) atoms. The van der Waals surface area contributed by atoms with Crippen LogP contribution in [0.3, 0.4) is 0 Å². The maximum Gasteiger partial charge on any atom is 0.289 e. The zero-order valence-electron chi connectivity index (χ0n) is 16.3. The van der Waals surface area contributed by atoms with Crippen molar-refractivity contribution in [3.8, 4) is 6.07 Å². The van der Waals surface area contributed by atoms with Crippen LogP contribution in [0.2, 0.25) is 0 Å². The van der Waals surface area contributed by atoms with E-state index in [9.17, 15) is 18.4 Å². The number of aromatic nitrogens is 3. The molecule has 2 aromatic carbocycles. The highest BCUT2D eigenvalue weighted by molar-refractivity contribution is 6.10. The minimum Gasteiger partial charge on any atom is -0.334 e. The summed E-state index contributed by atoms with van der Waals surface area (Å²) in [6, 6.07) is 11.0. The van der Waals surface area contributed by atoms with Crippen molar-refractivity contribution >= 4 is 17.5 Å². The number of carbonyl (C=O) groups is 2. The molecule has 2 amide bonds. The molecule has 2 saturated carbocycles. The maximum atomic E-state index is 14.2. The second-order valence-corrected chi connectivity index (χ2v) is 8.32. The largest absolute Gasteiger partial charge is 0.334 e. The molecular formula is C22H14F2N6O2. The summed E-state index contributed by atoms with van der Waals surface area (Å²) < 4.78 is 27.8. The summed E-state index contributed by atoms with van der Waals surface area (Å²) in [5.74, 6) is -2.86. The summed E-state index contributed by atoms with van der Waals surface area (Å²) in [5, 5.41) is 22.1. The average molecular weight is 432 g/mol. The molecule has 0 spiro atoms. The molecule has 1 aliphatic heterocycles. The van der Waals surface area contributed by atoms with E-state index >= 15 is 0 Å². The van der Waals surface area contributed by atoms with Gasteiger partial charge in [0.05, 0.1) is 17.3 Å². The van der Waals surface area contributed by atoms with Gasteiger partial charge in [-0.1, -0.05) is 12.1 Å². The maximum absolute atomic E-state index is 14.2. The van der Waals surface area contributed by atoms with Gasteiger partial charge in [0, 0.05) is 24.3 Å². The average Bonchev–Trinajstić information content (AvgIpc) is 3.62. The highest BCUT2D eigenvalue weighted by atomic mass is 19.1. The molecule has 1 unspecified atom stereocenters. The number of nitrogens with one attached hydrogen (secondary N) is 3. The SMILES string of the molecule is N#Cc1cccc(Cc2nnc(C(=O)N[C@@]34C(=O)Nc5c(F)cc(F)cc5[C@@H]5C3[C@@H]54)[nH]2)c1. The van der Waals surface area contributed by atoms with Gasteiger partial charge in [0.1, 0.15) is 23.0 Å². The molecule has 10 heteroatoms. The Labute approximate surface area is 179 Å². The third kappa shape index (κ3) is 2.51. The van der Waals surface area contributed by atoms with Crippen molar-refractivity contribution in [2.24, 2.45) is 11.8 Å². The van der Waals surface area contributed by atoms with Crippen molar-refractivity contribution in [1.82, 2.24) is 20.5 Å². The van der Waals surface area contributed by atoms with Gasteiger partial charge < -0.3 is 15.6 Å². The number of carbonyl (C=O) groups excluding carboxylic acids is 2. The third-order valence-electron chi connectivity index (χ3n) is 6.52. The number of rotatable bonds is 4. The molecule has 3 aromatic rings. The lowest BCUT2D eigenvalue weighted by molar-refractivity contribution is -0.120. The summed E-state index contributed by atoms with van der Waals surface area (Å²) >= 11 is 0. The van der Waals surface area contributed by atoms with Crippen LogP contribution in [0, 0.1) is 34.8 Å². The Morgan fingerprint density at radius 1 is 1.22 bits per heavy atom. The zero-order chi connectivity index (χ0) is 22.2. The van der Waals surface area contributed by atoms with E-state index in [1.807, 2.05) is 6.07 Å². The van der Waals surface area contributed by atoms with E-state index in [4.69, 9.17) is 5.26 Å². The van der Waals surface area contributed by atoms with E-state index in [1.54, 1.807) is 18.2 Å². The van der Waals surface area contributed by atoms with Crippen LogP contribution in [-0.2, 0) is 11.2 Å². The van der Waals surface area contributed by atoms with Crippen molar-refractivity contribution < 1.29 is 18.4 Å². The summed E-state index contributed by atoms with van der Waals surface area (Å²) in [7, 11) is 0. The lowest BCUT2D eigenvalue weighted by Gasteiger charge is -2.22. The van der Waals surface area contributed by atoms with Crippen molar-refractivity contribution in [3.63, 3.8) is 0 Å². The monoisotopic (exact) mass is 432 g/mol. The van der Waals surface area contributed by atoms with Crippen molar-refractivity contribution in [1.29, 1.82) is 5.26 Å². The smallest absolute Gasteiger partial charge is 0.289 e. The first-order valence-corrected chi connectivity index (χ1v) is 9.96. The van der Waals surface area contributed by atoms with E-state index in [0.717, 1.165) is 11.6 Å². The Morgan fingerprint density at radius 3 is 2.81 bits per heavy atom. The predicted octanol–water partition coefficient (Wildman–Crippen LogP) is 2.01. The molecule has 0 saturated heterocycles. The molecule has 2 heterocycles. The highest BCUT2D eigenvalue weighted by Crippen LogP contribution is 2.81. The van der Waals surface area contributed by atoms with Crippen LogP contribution >= 0.6 is 0 Å². The Hall–Kier alpha value is -4.13. The number of hydrogen-bond donors (Lipinski definition) is 3. The lowest BCUT2D eigenvalue weighted by Crippen LogP contribution is -2.52. The number of hydrogen-bond acceptors (Lipinski definition) is 5. The molecule has 3 aliphatic rings. The molecule has 4 atom stereocenters. The summed E-state index contributed by atoms with van der Waals surface area (Å²) in [6.07, 6.45) is 0.342. The second-order valence-electron chi connectivity index (χ2n) is 8.32. The Balaban J connectivity index is 1.20. The molecule has 8 nitrogen and oxygen atoms in total. The predicted molar refractivity (Wildman–Crippen MR) is 105 cm³/mol. The quantitative estimate of drug-likeness (QED) is 0.582. The highest BCUT2D eigenvalue weighted by Gasteiger charge is 2.89. The van der Waals surface area contributed by atoms with Gasteiger partial charge >= 0.3 is 0 Å². The number of anilines is 1. The number of halogens is 2. The summed E-state index contributed by atoms with van der Waals surface area (Å²) in [6.45, 7) is 0. The van der Waals surface area contributed by atoms with E-state index in [2.05, 4.69) is 31.9 Å². The molecule has 1 aromatic heterocycles. The topological polar surface area (TPSA) is 124 Å². The van der Waals surface area contributed by atoms with Crippen LogP contribution in [0.1, 0.15) is 39.1 Å². The first kappa shape index (κ1) is 18.6. The zero-order valence-corrected chi connectivity index (χ0v) is 16.3. The summed E-state index contributed by atoms with van der Waals surface area (Å²) in [5.41, 5.74) is 0.585. The van der Waals surface area contributed by atoms with Crippen LogP contribution in [0.5, 0.6) is 0 Å². The minimum absolute atomic E-state index is 0.0240. The Bertz CT molecular complexity index is 1370. The second kappa shape index (κ2) is 6.20. The van der Waals surface area contributed by atoms with Gasteiger partial charge in [0.15, 0.2) is 0 Å². The van der Waals surface area contributed by atoms with Gasteiger partial charge in [0.25, 0.3) is 11.8 Å². The summed E-state index contributed by atoms with van der Waals surface area (Å²) in [4.78, 5) is 28.4. The molecule has 0 bridgehead atoms. The van der Waals surface area contributed by atoms with Gasteiger partial charge in [-0.05, 0) is 35.2 Å². The molecule has 2 fully saturated rings. The van der Waals surface area contributed by atoms with Crippen LogP contribution in [0.4, 0.5) is 14.5 Å². The van der Waals surface area contributed by atoms with Crippen LogP contribution in [0.15, 0.2) is 36.4 Å². The third-order valence-corrected chi connectivity index (χ3v) is 6.52. The number of H-pyrrole nitrogens is 1.